The fourth-order valence-corrected chi connectivity index (χ4v) is 6.88. The lowest BCUT2D eigenvalue weighted by molar-refractivity contribution is -0.127. The molecule has 0 radical (unpaired) electrons. The van der Waals surface area contributed by atoms with Gasteiger partial charge in [0.2, 0.25) is 5.91 Å². The summed E-state index contributed by atoms with van der Waals surface area (Å²) in [6, 6.07) is 5.72. The van der Waals surface area contributed by atoms with Crippen LogP contribution in [0.3, 0.4) is 0 Å². The molecule has 6 nitrogen and oxygen atoms in total. The molecule has 6 rings (SSSR count). The summed E-state index contributed by atoms with van der Waals surface area (Å²) in [5.41, 5.74) is 2.25. The van der Waals surface area contributed by atoms with Crippen molar-refractivity contribution in [2.75, 3.05) is 6.54 Å². The van der Waals surface area contributed by atoms with E-state index < -0.39 is 0 Å². The molecule has 6 heteroatoms. The Hall–Kier alpha value is -2.37. The molecule has 31 heavy (non-hydrogen) atoms. The van der Waals surface area contributed by atoms with Gasteiger partial charge in [-0.3, -0.25) is 14.0 Å². The van der Waals surface area contributed by atoms with E-state index in [4.69, 9.17) is 0 Å². The summed E-state index contributed by atoms with van der Waals surface area (Å²) in [7, 11) is 0. The highest BCUT2D eigenvalue weighted by molar-refractivity contribution is 5.94. The minimum absolute atomic E-state index is 0.0873. The molecule has 4 saturated carbocycles. The van der Waals surface area contributed by atoms with Crippen LogP contribution in [0.4, 0.5) is 0 Å². The summed E-state index contributed by atoms with van der Waals surface area (Å²) < 4.78 is 1.83. The lowest BCUT2D eigenvalue weighted by atomic mass is 9.53. The fraction of sp³-hybridized carbons (Fsp3) is 0.640. The van der Waals surface area contributed by atoms with Crippen molar-refractivity contribution < 1.29 is 9.59 Å². The Kier molecular flexibility index (Phi) is 5.49. The van der Waals surface area contributed by atoms with Crippen molar-refractivity contribution in [2.24, 2.45) is 17.8 Å². The Balaban J connectivity index is 1.02. The zero-order valence-electron chi connectivity index (χ0n) is 18.5. The Labute approximate surface area is 184 Å². The summed E-state index contributed by atoms with van der Waals surface area (Å²) in [5.74, 6) is 2.70. The monoisotopic (exact) mass is 422 g/mol. The second-order valence-corrected chi connectivity index (χ2v) is 10.3. The van der Waals surface area contributed by atoms with Gasteiger partial charge < -0.3 is 10.6 Å². The number of hydrogen-bond donors (Lipinski definition) is 2. The molecule has 0 spiro atoms. The minimum Gasteiger partial charge on any atom is -0.351 e. The molecule has 0 unspecified atom stereocenters. The average Bonchev–Trinajstić information content (AvgIpc) is 3.04. The second-order valence-electron chi connectivity index (χ2n) is 10.3. The first-order valence-electron chi connectivity index (χ1n) is 12.0. The molecule has 4 bridgehead atoms. The lowest BCUT2D eigenvalue weighted by Gasteiger charge is -2.56. The van der Waals surface area contributed by atoms with Crippen LogP contribution in [0.5, 0.6) is 0 Å². The number of fused-ring (bicyclic) bond motifs is 1. The van der Waals surface area contributed by atoms with Crippen molar-refractivity contribution in [3.63, 3.8) is 0 Å². The van der Waals surface area contributed by atoms with E-state index in [9.17, 15) is 9.59 Å². The number of carbonyl (C=O) groups is 2. The summed E-state index contributed by atoms with van der Waals surface area (Å²) in [6.07, 6.45) is 13.0. The van der Waals surface area contributed by atoms with E-state index in [1.807, 2.05) is 35.7 Å². The van der Waals surface area contributed by atoms with Crippen molar-refractivity contribution in [2.45, 2.75) is 76.7 Å². The predicted molar refractivity (Wildman–Crippen MR) is 120 cm³/mol. The third-order valence-corrected chi connectivity index (χ3v) is 7.73. The fourth-order valence-electron chi connectivity index (χ4n) is 6.88. The number of carbonyl (C=O) groups excluding carboxylic acids is 2. The Morgan fingerprint density at radius 2 is 1.77 bits per heavy atom. The first-order valence-corrected chi connectivity index (χ1v) is 12.0. The van der Waals surface area contributed by atoms with Crippen LogP contribution in [-0.4, -0.2) is 33.3 Å². The number of nitrogens with zero attached hydrogens (tertiary/aromatic N) is 2. The van der Waals surface area contributed by atoms with E-state index in [1.54, 1.807) is 0 Å². The van der Waals surface area contributed by atoms with Crippen molar-refractivity contribution in [3.8, 4) is 0 Å². The number of aryl methyl sites for hydroxylation is 1. The SMILES string of the molecule is Cc1nc2ccccn2c1C(=O)NCCCCCC(=O)NC12CC3CC(CC(C3)C1)C2. The second kappa shape index (κ2) is 8.29. The number of amides is 2. The van der Waals surface area contributed by atoms with Crippen LogP contribution in [0, 0.1) is 24.7 Å². The molecule has 0 aromatic carbocycles. The molecule has 4 aliphatic carbocycles. The first kappa shape index (κ1) is 20.5. The van der Waals surface area contributed by atoms with E-state index in [2.05, 4.69) is 15.6 Å². The quantitative estimate of drug-likeness (QED) is 0.631. The number of aromatic nitrogens is 2. The van der Waals surface area contributed by atoms with E-state index >= 15 is 0 Å². The van der Waals surface area contributed by atoms with E-state index in [0.717, 1.165) is 48.4 Å². The smallest absolute Gasteiger partial charge is 0.270 e. The van der Waals surface area contributed by atoms with Gasteiger partial charge >= 0.3 is 0 Å². The number of hydrogen-bond acceptors (Lipinski definition) is 3. The van der Waals surface area contributed by atoms with Crippen LogP contribution in [0.25, 0.3) is 5.65 Å². The van der Waals surface area contributed by atoms with Crippen LogP contribution in [0.2, 0.25) is 0 Å². The van der Waals surface area contributed by atoms with Gasteiger partial charge in [0.05, 0.1) is 5.69 Å². The molecule has 2 N–H and O–H groups in total. The molecule has 4 aliphatic rings. The lowest BCUT2D eigenvalue weighted by Crippen LogP contribution is -2.59. The molecule has 0 saturated heterocycles. The normalized spacial score (nSPS) is 28.7. The van der Waals surface area contributed by atoms with E-state index in [0.29, 0.717) is 18.7 Å². The van der Waals surface area contributed by atoms with Crippen LogP contribution in [0.15, 0.2) is 24.4 Å². The third kappa shape index (κ3) is 4.21. The molecule has 2 aromatic heterocycles. The third-order valence-electron chi connectivity index (χ3n) is 7.73. The van der Waals surface area contributed by atoms with Crippen LogP contribution >= 0.6 is 0 Å². The largest absolute Gasteiger partial charge is 0.351 e. The number of imidazole rings is 1. The van der Waals surface area contributed by atoms with Crippen LogP contribution < -0.4 is 10.6 Å². The van der Waals surface area contributed by atoms with Gasteiger partial charge in [0.25, 0.3) is 5.91 Å². The number of unbranched alkanes of at least 4 members (excludes halogenated alkanes) is 2. The van der Waals surface area contributed by atoms with Crippen LogP contribution in [-0.2, 0) is 4.79 Å². The Morgan fingerprint density at radius 1 is 1.06 bits per heavy atom. The Bertz CT molecular complexity index is 944. The van der Waals surface area contributed by atoms with Crippen molar-refractivity contribution in [1.29, 1.82) is 0 Å². The topological polar surface area (TPSA) is 75.5 Å². The molecule has 4 fully saturated rings. The van der Waals surface area contributed by atoms with Crippen molar-refractivity contribution in [3.05, 3.63) is 35.8 Å². The van der Waals surface area contributed by atoms with Gasteiger partial charge in [0.15, 0.2) is 0 Å². The van der Waals surface area contributed by atoms with Gasteiger partial charge in [0, 0.05) is 24.7 Å². The predicted octanol–water partition coefficient (Wildman–Crippen LogP) is 4.02. The molecule has 166 valence electrons. The molecule has 0 aliphatic heterocycles. The van der Waals surface area contributed by atoms with Crippen molar-refractivity contribution >= 4 is 17.5 Å². The van der Waals surface area contributed by atoms with Gasteiger partial charge in [-0.25, -0.2) is 4.98 Å². The summed E-state index contributed by atoms with van der Waals surface area (Å²) >= 11 is 0. The summed E-state index contributed by atoms with van der Waals surface area (Å²) in [4.78, 5) is 29.6. The maximum absolute atomic E-state index is 12.6. The molecule has 2 amide bonds. The van der Waals surface area contributed by atoms with E-state index in [-0.39, 0.29) is 17.4 Å². The highest BCUT2D eigenvalue weighted by Gasteiger charge is 2.51. The van der Waals surface area contributed by atoms with Crippen molar-refractivity contribution in [1.82, 2.24) is 20.0 Å². The average molecular weight is 423 g/mol. The number of nitrogens with one attached hydrogen (secondary N) is 2. The summed E-state index contributed by atoms with van der Waals surface area (Å²) in [5, 5.41) is 6.47. The summed E-state index contributed by atoms with van der Waals surface area (Å²) in [6.45, 7) is 2.49. The highest BCUT2D eigenvalue weighted by atomic mass is 16.2. The van der Waals surface area contributed by atoms with Gasteiger partial charge in [0.1, 0.15) is 11.3 Å². The molecular formula is C25H34N4O2. The van der Waals surface area contributed by atoms with Gasteiger partial charge in [-0.05, 0) is 88.2 Å². The van der Waals surface area contributed by atoms with Gasteiger partial charge in [-0.15, -0.1) is 0 Å². The zero-order valence-corrected chi connectivity index (χ0v) is 18.5. The Morgan fingerprint density at radius 3 is 2.48 bits per heavy atom. The maximum atomic E-state index is 12.6. The zero-order chi connectivity index (χ0) is 21.4. The van der Waals surface area contributed by atoms with E-state index in [1.165, 1.54) is 38.5 Å². The van der Waals surface area contributed by atoms with Gasteiger partial charge in [-0.1, -0.05) is 12.5 Å². The first-order chi connectivity index (χ1) is 15.0. The van der Waals surface area contributed by atoms with Crippen LogP contribution in [0.1, 0.15) is 80.4 Å². The molecule has 0 atom stereocenters. The number of rotatable bonds is 8. The molecule has 2 aromatic rings. The molecular weight excluding hydrogens is 388 g/mol. The van der Waals surface area contributed by atoms with Gasteiger partial charge in [-0.2, -0.15) is 0 Å². The standard InChI is InChI=1S/C25H34N4O2/c1-17-23(29-10-6-4-7-21(29)27-17)24(31)26-9-5-2-3-8-22(30)28-25-14-18-11-19(15-25)13-20(12-18)16-25/h4,6-7,10,18-20H,2-3,5,8-9,11-16H2,1H3,(H,26,31)(H,28,30). The number of pyridine rings is 1. The highest BCUT2D eigenvalue weighted by Crippen LogP contribution is 2.55. The maximum Gasteiger partial charge on any atom is 0.270 e. The molecule has 2 heterocycles. The minimum atomic E-state index is -0.0873.